The van der Waals surface area contributed by atoms with Crippen molar-refractivity contribution in [2.24, 2.45) is 14.1 Å². The van der Waals surface area contributed by atoms with Crippen LogP contribution in [0.4, 0.5) is 0 Å². The molecule has 0 aliphatic rings. The van der Waals surface area contributed by atoms with Gasteiger partial charge in [0.05, 0.1) is 5.16 Å². The van der Waals surface area contributed by atoms with E-state index in [4.69, 9.17) is 0 Å². The first-order valence-corrected chi connectivity index (χ1v) is 6.19. The van der Waals surface area contributed by atoms with Crippen molar-refractivity contribution < 1.29 is 4.89 Å². The minimum absolute atomic E-state index is 0.158. The standard InChI is InChI=1S/C12H17N2OP/c1-12(16-15,10-6-4-8-13(10)2)11-7-5-9-14(11)3/h4-9,15-16H,1-3H3. The molecule has 2 aromatic heterocycles. The Morgan fingerprint density at radius 3 is 1.75 bits per heavy atom. The van der Waals surface area contributed by atoms with Crippen LogP contribution in [0.5, 0.6) is 0 Å². The summed E-state index contributed by atoms with van der Waals surface area (Å²) >= 11 is 0. The van der Waals surface area contributed by atoms with Crippen molar-refractivity contribution in [2.45, 2.75) is 12.1 Å². The van der Waals surface area contributed by atoms with Gasteiger partial charge in [-0.2, -0.15) is 0 Å². The largest absolute Gasteiger partial charge is 0.376 e. The van der Waals surface area contributed by atoms with Gasteiger partial charge >= 0.3 is 0 Å². The predicted molar refractivity (Wildman–Crippen MR) is 67.8 cm³/mol. The van der Waals surface area contributed by atoms with Crippen molar-refractivity contribution in [3.63, 3.8) is 0 Å². The van der Waals surface area contributed by atoms with E-state index in [0.717, 1.165) is 11.4 Å². The number of nitrogens with zero attached hydrogens (tertiary/aromatic N) is 2. The van der Waals surface area contributed by atoms with Gasteiger partial charge in [0.25, 0.3) is 0 Å². The summed E-state index contributed by atoms with van der Waals surface area (Å²) < 4.78 is 4.13. The molecular weight excluding hydrogens is 219 g/mol. The fourth-order valence-corrected chi connectivity index (χ4v) is 2.96. The lowest BCUT2D eigenvalue weighted by Crippen LogP contribution is -2.23. The number of aryl methyl sites for hydroxylation is 2. The van der Waals surface area contributed by atoms with Crippen LogP contribution in [-0.2, 0) is 19.3 Å². The zero-order valence-electron chi connectivity index (χ0n) is 9.81. The van der Waals surface area contributed by atoms with E-state index >= 15 is 0 Å². The Bertz CT molecular complexity index is 446. The van der Waals surface area contributed by atoms with Gasteiger partial charge in [-0.15, -0.1) is 0 Å². The number of aromatic nitrogens is 2. The average Bonchev–Trinajstić information content (AvgIpc) is 2.86. The Balaban J connectivity index is 2.57. The Morgan fingerprint density at radius 1 is 1.06 bits per heavy atom. The maximum absolute atomic E-state index is 9.78. The zero-order valence-corrected chi connectivity index (χ0v) is 10.8. The summed E-state index contributed by atoms with van der Waals surface area (Å²) in [5.74, 6) is 0. The molecule has 3 nitrogen and oxygen atoms in total. The fourth-order valence-electron chi connectivity index (χ4n) is 2.21. The molecule has 2 rings (SSSR count). The van der Waals surface area contributed by atoms with Crippen LogP contribution in [0.25, 0.3) is 0 Å². The van der Waals surface area contributed by atoms with Crippen molar-refractivity contribution in [1.82, 2.24) is 9.13 Å². The summed E-state index contributed by atoms with van der Waals surface area (Å²) in [6.45, 7) is 2.08. The van der Waals surface area contributed by atoms with E-state index in [9.17, 15) is 4.89 Å². The Kier molecular flexibility index (Phi) is 2.92. The fraction of sp³-hybridized carbons (Fsp3) is 0.333. The highest BCUT2D eigenvalue weighted by atomic mass is 31.1. The van der Waals surface area contributed by atoms with Crippen molar-refractivity contribution in [3.05, 3.63) is 48.0 Å². The summed E-state index contributed by atoms with van der Waals surface area (Å²) in [6, 6.07) is 8.15. The summed E-state index contributed by atoms with van der Waals surface area (Å²) in [5.41, 5.74) is 2.27. The molecule has 0 saturated heterocycles. The second-order valence-corrected chi connectivity index (χ2v) is 5.47. The molecule has 0 spiro atoms. The zero-order chi connectivity index (χ0) is 11.8. The summed E-state index contributed by atoms with van der Waals surface area (Å²) in [5, 5.41) is -0.323. The van der Waals surface area contributed by atoms with Crippen molar-refractivity contribution >= 4 is 8.81 Å². The third kappa shape index (κ3) is 1.60. The lowest BCUT2D eigenvalue weighted by Gasteiger charge is -2.28. The number of hydrogen-bond donors (Lipinski definition) is 1. The Labute approximate surface area is 97.6 Å². The molecule has 0 saturated carbocycles. The van der Waals surface area contributed by atoms with Gasteiger partial charge in [0.15, 0.2) is 0 Å². The SMILES string of the molecule is Cn1cccc1C(C)(PO)c1cccn1C. The van der Waals surface area contributed by atoms with Crippen LogP contribution < -0.4 is 0 Å². The van der Waals surface area contributed by atoms with E-state index in [1.165, 1.54) is 0 Å². The Morgan fingerprint density at radius 2 is 1.50 bits per heavy atom. The van der Waals surface area contributed by atoms with Gasteiger partial charge in [0.1, 0.15) is 0 Å². The van der Waals surface area contributed by atoms with Crippen LogP contribution in [0.15, 0.2) is 36.7 Å². The van der Waals surface area contributed by atoms with Gasteiger partial charge in [-0.05, 0) is 31.2 Å². The molecule has 0 bridgehead atoms. The molecule has 86 valence electrons. The Hall–Kier alpha value is -1.05. The third-order valence-corrected chi connectivity index (χ3v) is 4.10. The maximum Gasteiger partial charge on any atom is 0.0889 e. The summed E-state index contributed by atoms with van der Waals surface area (Å²) in [6.07, 6.45) is 4.02. The first kappa shape index (κ1) is 11.4. The monoisotopic (exact) mass is 236 g/mol. The lowest BCUT2D eigenvalue weighted by atomic mass is 10.0. The second-order valence-electron chi connectivity index (χ2n) is 4.25. The minimum Gasteiger partial charge on any atom is -0.376 e. The van der Waals surface area contributed by atoms with Crippen molar-refractivity contribution in [2.75, 3.05) is 0 Å². The highest BCUT2D eigenvalue weighted by Gasteiger charge is 2.32. The molecule has 0 amide bonds. The second kappa shape index (κ2) is 4.08. The molecule has 0 radical (unpaired) electrons. The molecule has 16 heavy (non-hydrogen) atoms. The normalized spacial score (nSPS) is 12.8. The van der Waals surface area contributed by atoms with E-state index in [2.05, 4.69) is 28.2 Å². The molecular formula is C12H17N2OP. The van der Waals surface area contributed by atoms with Gasteiger partial charge in [-0.1, -0.05) is 0 Å². The van der Waals surface area contributed by atoms with E-state index in [0.29, 0.717) is 0 Å². The molecule has 0 aromatic carbocycles. The first-order valence-electron chi connectivity index (χ1n) is 5.24. The van der Waals surface area contributed by atoms with Crippen LogP contribution >= 0.6 is 8.81 Å². The lowest BCUT2D eigenvalue weighted by molar-refractivity contribution is 0.576. The summed E-state index contributed by atoms with van der Waals surface area (Å²) in [7, 11) is 3.86. The molecule has 1 N–H and O–H groups in total. The van der Waals surface area contributed by atoms with Gasteiger partial charge in [-0.25, -0.2) is 0 Å². The molecule has 2 heterocycles. The molecule has 1 atom stereocenters. The van der Waals surface area contributed by atoms with Gasteiger partial charge in [0.2, 0.25) is 0 Å². The van der Waals surface area contributed by atoms with Crippen LogP contribution in [0.2, 0.25) is 0 Å². The predicted octanol–water partition coefficient (Wildman–Crippen LogP) is 2.21. The molecule has 0 aliphatic heterocycles. The third-order valence-electron chi connectivity index (χ3n) is 3.14. The van der Waals surface area contributed by atoms with Crippen molar-refractivity contribution in [3.8, 4) is 0 Å². The minimum atomic E-state index is -0.323. The number of hydrogen-bond acceptors (Lipinski definition) is 1. The average molecular weight is 236 g/mol. The van der Waals surface area contributed by atoms with Crippen molar-refractivity contribution in [1.29, 1.82) is 0 Å². The molecule has 0 fully saturated rings. The van der Waals surface area contributed by atoms with Gasteiger partial charge in [-0.3, -0.25) is 0 Å². The smallest absolute Gasteiger partial charge is 0.0889 e. The van der Waals surface area contributed by atoms with E-state index in [1.807, 2.05) is 38.6 Å². The van der Waals surface area contributed by atoms with Gasteiger partial charge in [0, 0.05) is 46.7 Å². The van der Waals surface area contributed by atoms with Crippen LogP contribution in [0, 0.1) is 0 Å². The molecule has 1 unspecified atom stereocenters. The van der Waals surface area contributed by atoms with E-state index in [-0.39, 0.29) is 14.0 Å². The van der Waals surface area contributed by atoms with Crippen LogP contribution in [-0.4, -0.2) is 14.0 Å². The van der Waals surface area contributed by atoms with Gasteiger partial charge < -0.3 is 14.0 Å². The highest BCUT2D eigenvalue weighted by Crippen LogP contribution is 2.44. The van der Waals surface area contributed by atoms with E-state index in [1.54, 1.807) is 0 Å². The molecule has 2 aromatic rings. The summed E-state index contributed by atoms with van der Waals surface area (Å²) in [4.78, 5) is 9.78. The number of rotatable bonds is 3. The first-order chi connectivity index (χ1) is 7.59. The topological polar surface area (TPSA) is 30.1 Å². The quantitative estimate of drug-likeness (QED) is 0.814. The van der Waals surface area contributed by atoms with E-state index < -0.39 is 0 Å². The van der Waals surface area contributed by atoms with Crippen LogP contribution in [0.3, 0.4) is 0 Å². The molecule has 0 aliphatic carbocycles. The highest BCUT2D eigenvalue weighted by molar-refractivity contribution is 7.33. The molecule has 4 heteroatoms. The maximum atomic E-state index is 9.78. The van der Waals surface area contributed by atoms with Crippen LogP contribution in [0.1, 0.15) is 18.3 Å².